The summed E-state index contributed by atoms with van der Waals surface area (Å²) in [6, 6.07) is 12.9. The van der Waals surface area contributed by atoms with Crippen LogP contribution >= 0.6 is 0 Å². The number of anilines is 1. The molecule has 1 amide bonds. The van der Waals surface area contributed by atoms with Crippen molar-refractivity contribution < 1.29 is 17.9 Å². The van der Waals surface area contributed by atoms with Crippen LogP contribution < -0.4 is 14.4 Å². The first-order valence-corrected chi connectivity index (χ1v) is 9.43. The maximum atomic E-state index is 12.6. The van der Waals surface area contributed by atoms with Crippen LogP contribution in [-0.2, 0) is 14.8 Å². The molecule has 1 fully saturated rings. The normalized spacial score (nSPS) is 17.8. The fourth-order valence-electron chi connectivity index (χ4n) is 2.78. The lowest BCUT2D eigenvalue weighted by Crippen LogP contribution is -2.41. The number of methoxy groups -OCH3 is 1. The molecule has 0 unspecified atom stereocenters. The van der Waals surface area contributed by atoms with Crippen LogP contribution in [0.5, 0.6) is 5.75 Å². The molecule has 132 valence electrons. The van der Waals surface area contributed by atoms with Gasteiger partial charge in [0.1, 0.15) is 11.8 Å². The summed E-state index contributed by atoms with van der Waals surface area (Å²) < 4.78 is 32.6. The van der Waals surface area contributed by atoms with Crippen molar-refractivity contribution in [3.8, 4) is 5.75 Å². The number of benzene rings is 2. The van der Waals surface area contributed by atoms with Crippen molar-refractivity contribution in [2.45, 2.75) is 24.3 Å². The Balaban J connectivity index is 1.74. The van der Waals surface area contributed by atoms with E-state index in [1.165, 1.54) is 0 Å². The SMILES string of the molecule is COc1ccc(N2CC[C@@H](NS(=O)(=O)c3ccc(C)cc3)C2=O)cc1. The summed E-state index contributed by atoms with van der Waals surface area (Å²) in [4.78, 5) is 14.3. The van der Waals surface area contributed by atoms with E-state index >= 15 is 0 Å². The second-order valence-electron chi connectivity index (χ2n) is 5.96. The molecule has 1 aliphatic rings. The van der Waals surface area contributed by atoms with Crippen molar-refractivity contribution in [1.29, 1.82) is 0 Å². The summed E-state index contributed by atoms with van der Waals surface area (Å²) in [6.07, 6.45) is 0.427. The first-order valence-electron chi connectivity index (χ1n) is 7.95. The van der Waals surface area contributed by atoms with Gasteiger partial charge in [-0.25, -0.2) is 8.42 Å². The van der Waals surface area contributed by atoms with Gasteiger partial charge in [-0.15, -0.1) is 0 Å². The van der Waals surface area contributed by atoms with E-state index < -0.39 is 16.1 Å². The molecule has 6 nitrogen and oxygen atoms in total. The minimum atomic E-state index is -3.73. The lowest BCUT2D eigenvalue weighted by atomic mass is 10.2. The second kappa shape index (κ2) is 6.85. The summed E-state index contributed by atoms with van der Waals surface area (Å²) in [6.45, 7) is 2.35. The predicted molar refractivity (Wildman–Crippen MR) is 95.3 cm³/mol. The number of carbonyl (C=O) groups is 1. The summed E-state index contributed by atoms with van der Waals surface area (Å²) in [5.74, 6) is 0.452. The molecule has 0 radical (unpaired) electrons. The Hall–Kier alpha value is -2.38. The Bertz CT molecular complexity index is 861. The molecule has 1 saturated heterocycles. The topological polar surface area (TPSA) is 75.7 Å². The number of hydrogen-bond donors (Lipinski definition) is 1. The first-order chi connectivity index (χ1) is 11.9. The molecule has 3 rings (SSSR count). The predicted octanol–water partition coefficient (Wildman–Crippen LogP) is 2.09. The largest absolute Gasteiger partial charge is 0.497 e. The molecular formula is C18H20N2O4S. The van der Waals surface area contributed by atoms with E-state index in [9.17, 15) is 13.2 Å². The van der Waals surface area contributed by atoms with Crippen molar-refractivity contribution in [2.75, 3.05) is 18.6 Å². The third-order valence-corrected chi connectivity index (χ3v) is 5.71. The maximum absolute atomic E-state index is 12.6. The van der Waals surface area contributed by atoms with Gasteiger partial charge in [0.25, 0.3) is 0 Å². The number of nitrogens with one attached hydrogen (secondary N) is 1. The Morgan fingerprint density at radius 2 is 1.72 bits per heavy atom. The average molecular weight is 360 g/mol. The van der Waals surface area contributed by atoms with Crippen molar-refractivity contribution in [1.82, 2.24) is 4.72 Å². The Morgan fingerprint density at radius 3 is 2.32 bits per heavy atom. The molecule has 25 heavy (non-hydrogen) atoms. The second-order valence-corrected chi connectivity index (χ2v) is 7.68. The van der Waals surface area contributed by atoms with Crippen LogP contribution in [0.3, 0.4) is 0 Å². The molecular weight excluding hydrogens is 340 g/mol. The lowest BCUT2D eigenvalue weighted by Gasteiger charge is -2.17. The third-order valence-electron chi connectivity index (χ3n) is 4.22. The van der Waals surface area contributed by atoms with Crippen molar-refractivity contribution in [2.24, 2.45) is 0 Å². The third kappa shape index (κ3) is 3.67. The van der Waals surface area contributed by atoms with Crippen LogP contribution in [0.15, 0.2) is 53.4 Å². The van der Waals surface area contributed by atoms with Gasteiger partial charge in [0.15, 0.2) is 0 Å². The number of rotatable bonds is 5. The molecule has 0 spiro atoms. The molecule has 0 aromatic heterocycles. The van der Waals surface area contributed by atoms with Crippen molar-refractivity contribution in [3.05, 3.63) is 54.1 Å². The van der Waals surface area contributed by atoms with Gasteiger partial charge in [0, 0.05) is 12.2 Å². The van der Waals surface area contributed by atoms with E-state index in [0.717, 1.165) is 11.3 Å². The van der Waals surface area contributed by atoms with Crippen LogP contribution in [0, 0.1) is 6.92 Å². The molecule has 7 heteroatoms. The smallest absolute Gasteiger partial charge is 0.245 e. The van der Waals surface area contributed by atoms with E-state index in [1.807, 2.05) is 6.92 Å². The quantitative estimate of drug-likeness (QED) is 0.886. The summed E-state index contributed by atoms with van der Waals surface area (Å²) >= 11 is 0. The summed E-state index contributed by atoms with van der Waals surface area (Å²) in [5, 5.41) is 0. The average Bonchev–Trinajstić information content (AvgIpc) is 2.95. The number of hydrogen-bond acceptors (Lipinski definition) is 4. The van der Waals surface area contributed by atoms with Gasteiger partial charge in [0.2, 0.25) is 15.9 Å². The van der Waals surface area contributed by atoms with Crippen LogP contribution in [0.2, 0.25) is 0 Å². The van der Waals surface area contributed by atoms with E-state index in [2.05, 4.69) is 4.72 Å². The number of sulfonamides is 1. The fourth-order valence-corrected chi connectivity index (χ4v) is 4.00. The van der Waals surface area contributed by atoms with E-state index in [0.29, 0.717) is 18.7 Å². The monoisotopic (exact) mass is 360 g/mol. The minimum absolute atomic E-state index is 0.161. The Kier molecular flexibility index (Phi) is 4.78. The zero-order chi connectivity index (χ0) is 18.0. The van der Waals surface area contributed by atoms with Gasteiger partial charge in [-0.05, 0) is 49.7 Å². The highest BCUT2D eigenvalue weighted by atomic mass is 32.2. The van der Waals surface area contributed by atoms with Gasteiger partial charge < -0.3 is 9.64 Å². The fraction of sp³-hybridized carbons (Fsp3) is 0.278. The van der Waals surface area contributed by atoms with Crippen LogP contribution in [-0.4, -0.2) is 34.0 Å². The molecule has 0 aliphatic carbocycles. The number of amides is 1. The molecule has 0 bridgehead atoms. The number of nitrogens with zero attached hydrogens (tertiary/aromatic N) is 1. The van der Waals surface area contributed by atoms with Crippen LogP contribution in [0.25, 0.3) is 0 Å². The van der Waals surface area contributed by atoms with Crippen LogP contribution in [0.4, 0.5) is 5.69 Å². The molecule has 2 aromatic rings. The maximum Gasteiger partial charge on any atom is 0.245 e. The standard InChI is InChI=1S/C18H20N2O4S/c1-13-3-9-16(10-4-13)25(22,23)19-17-11-12-20(18(17)21)14-5-7-15(24-2)8-6-14/h3-10,17,19H,11-12H2,1-2H3/t17-/m1/s1. The van der Waals surface area contributed by atoms with E-state index in [-0.39, 0.29) is 10.8 Å². The van der Waals surface area contributed by atoms with Crippen LogP contribution in [0.1, 0.15) is 12.0 Å². The molecule has 1 atom stereocenters. The molecule has 1 heterocycles. The highest BCUT2D eigenvalue weighted by Crippen LogP contribution is 2.25. The lowest BCUT2D eigenvalue weighted by molar-refractivity contribution is -0.118. The van der Waals surface area contributed by atoms with Crippen molar-refractivity contribution in [3.63, 3.8) is 0 Å². The minimum Gasteiger partial charge on any atom is -0.497 e. The van der Waals surface area contributed by atoms with Gasteiger partial charge in [0.05, 0.1) is 12.0 Å². The zero-order valence-corrected chi connectivity index (χ0v) is 14.9. The van der Waals surface area contributed by atoms with Gasteiger partial charge >= 0.3 is 0 Å². The molecule has 0 saturated carbocycles. The molecule has 2 aromatic carbocycles. The number of carbonyl (C=O) groups excluding carboxylic acids is 1. The van der Waals surface area contributed by atoms with Gasteiger partial charge in [-0.1, -0.05) is 17.7 Å². The Morgan fingerprint density at radius 1 is 1.08 bits per heavy atom. The molecule has 1 N–H and O–H groups in total. The Labute approximate surface area is 147 Å². The van der Waals surface area contributed by atoms with E-state index in [1.54, 1.807) is 60.5 Å². The number of aryl methyl sites for hydroxylation is 1. The van der Waals surface area contributed by atoms with E-state index in [4.69, 9.17) is 4.74 Å². The highest BCUT2D eigenvalue weighted by molar-refractivity contribution is 7.89. The summed E-state index contributed by atoms with van der Waals surface area (Å²) in [5.41, 5.74) is 1.70. The zero-order valence-electron chi connectivity index (χ0n) is 14.1. The van der Waals surface area contributed by atoms with Gasteiger partial charge in [-0.2, -0.15) is 4.72 Å². The van der Waals surface area contributed by atoms with Crippen molar-refractivity contribution >= 4 is 21.6 Å². The molecule has 1 aliphatic heterocycles. The van der Waals surface area contributed by atoms with Gasteiger partial charge in [-0.3, -0.25) is 4.79 Å². The highest BCUT2D eigenvalue weighted by Gasteiger charge is 2.35. The summed E-state index contributed by atoms with van der Waals surface area (Å²) in [7, 11) is -2.15. The first kappa shape index (κ1) is 17.4. The number of ether oxygens (including phenoxy) is 1.